The molecule has 2 heterocycles. The van der Waals surface area contributed by atoms with Gasteiger partial charge in [-0.05, 0) is 44.0 Å². The van der Waals surface area contributed by atoms with E-state index in [2.05, 4.69) is 45.1 Å². The summed E-state index contributed by atoms with van der Waals surface area (Å²) in [5.41, 5.74) is 1.15. The quantitative estimate of drug-likeness (QED) is 0.796. The monoisotopic (exact) mass is 324 g/mol. The molecule has 0 spiro atoms. The van der Waals surface area contributed by atoms with Crippen LogP contribution in [0.3, 0.4) is 0 Å². The van der Waals surface area contributed by atoms with Crippen LogP contribution in [0.15, 0.2) is 24.3 Å². The minimum absolute atomic E-state index is 0.872. The lowest BCUT2D eigenvalue weighted by molar-refractivity contribution is 0.187. The molecule has 1 aliphatic heterocycles. The standard InChI is InChI=1S/C14H17BrN2S/c15-9-11-5-7-17(8-6-11)10-14-16-12-3-1-2-4-13(12)18-14/h1-4,11H,5-10H2. The van der Waals surface area contributed by atoms with Crippen LogP contribution in [-0.2, 0) is 6.54 Å². The lowest BCUT2D eigenvalue weighted by Gasteiger charge is -2.30. The predicted octanol–water partition coefficient (Wildman–Crippen LogP) is 3.90. The molecular formula is C14H17BrN2S. The lowest BCUT2D eigenvalue weighted by atomic mass is 9.99. The topological polar surface area (TPSA) is 16.1 Å². The second kappa shape index (κ2) is 5.68. The van der Waals surface area contributed by atoms with Crippen LogP contribution < -0.4 is 0 Å². The maximum atomic E-state index is 4.71. The second-order valence-electron chi connectivity index (χ2n) is 4.95. The number of benzene rings is 1. The fraction of sp³-hybridized carbons (Fsp3) is 0.500. The van der Waals surface area contributed by atoms with Gasteiger partial charge in [-0.15, -0.1) is 11.3 Å². The Hall–Kier alpha value is -0.450. The van der Waals surface area contributed by atoms with Gasteiger partial charge in [0.15, 0.2) is 0 Å². The minimum atomic E-state index is 0.872. The Labute approximate surface area is 120 Å². The van der Waals surface area contributed by atoms with Gasteiger partial charge in [-0.25, -0.2) is 4.98 Å². The van der Waals surface area contributed by atoms with E-state index >= 15 is 0 Å². The normalized spacial score (nSPS) is 18.5. The molecule has 1 aromatic carbocycles. The molecule has 0 radical (unpaired) electrons. The number of alkyl halides is 1. The number of hydrogen-bond acceptors (Lipinski definition) is 3. The molecule has 0 saturated carbocycles. The van der Waals surface area contributed by atoms with E-state index < -0.39 is 0 Å². The molecule has 1 saturated heterocycles. The zero-order valence-electron chi connectivity index (χ0n) is 10.3. The highest BCUT2D eigenvalue weighted by Gasteiger charge is 2.19. The van der Waals surface area contributed by atoms with E-state index in [0.717, 1.165) is 23.3 Å². The number of thiazole rings is 1. The number of piperidine rings is 1. The average Bonchev–Trinajstić information content (AvgIpc) is 2.82. The number of para-hydroxylation sites is 1. The van der Waals surface area contributed by atoms with Crippen molar-refractivity contribution in [3.8, 4) is 0 Å². The van der Waals surface area contributed by atoms with Gasteiger partial charge in [-0.1, -0.05) is 28.1 Å². The smallest absolute Gasteiger partial charge is 0.108 e. The fourth-order valence-electron chi connectivity index (χ4n) is 2.48. The van der Waals surface area contributed by atoms with Crippen molar-refractivity contribution < 1.29 is 0 Å². The number of rotatable bonds is 3. The van der Waals surface area contributed by atoms with Crippen molar-refractivity contribution in [2.24, 2.45) is 5.92 Å². The molecule has 0 N–H and O–H groups in total. The van der Waals surface area contributed by atoms with Crippen molar-refractivity contribution in [2.45, 2.75) is 19.4 Å². The van der Waals surface area contributed by atoms with Crippen LogP contribution in [0.4, 0.5) is 0 Å². The van der Waals surface area contributed by atoms with Gasteiger partial charge in [-0.3, -0.25) is 4.90 Å². The summed E-state index contributed by atoms with van der Waals surface area (Å²) in [5, 5.41) is 2.41. The molecular weight excluding hydrogens is 308 g/mol. The number of hydrogen-bond donors (Lipinski definition) is 0. The van der Waals surface area contributed by atoms with Crippen LogP contribution in [0.5, 0.6) is 0 Å². The number of likely N-dealkylation sites (tertiary alicyclic amines) is 1. The molecule has 18 heavy (non-hydrogen) atoms. The van der Waals surface area contributed by atoms with E-state index in [4.69, 9.17) is 4.98 Å². The fourth-order valence-corrected chi connectivity index (χ4v) is 4.14. The van der Waals surface area contributed by atoms with Crippen LogP contribution in [-0.4, -0.2) is 28.3 Å². The Bertz CT molecular complexity index is 484. The van der Waals surface area contributed by atoms with Crippen molar-refractivity contribution in [1.29, 1.82) is 0 Å². The van der Waals surface area contributed by atoms with Crippen LogP contribution in [0.25, 0.3) is 10.2 Å². The van der Waals surface area contributed by atoms with Crippen molar-refractivity contribution in [2.75, 3.05) is 18.4 Å². The summed E-state index contributed by atoms with van der Waals surface area (Å²) in [6, 6.07) is 8.42. The van der Waals surface area contributed by atoms with Crippen molar-refractivity contribution in [3.63, 3.8) is 0 Å². The van der Waals surface area contributed by atoms with Gasteiger partial charge in [0.25, 0.3) is 0 Å². The highest BCUT2D eigenvalue weighted by molar-refractivity contribution is 9.09. The zero-order chi connectivity index (χ0) is 12.4. The minimum Gasteiger partial charge on any atom is -0.297 e. The molecule has 3 rings (SSSR count). The molecule has 1 aliphatic rings. The average molecular weight is 325 g/mol. The molecule has 0 bridgehead atoms. The van der Waals surface area contributed by atoms with E-state index in [1.807, 2.05) is 11.3 Å². The maximum Gasteiger partial charge on any atom is 0.108 e. The summed E-state index contributed by atoms with van der Waals surface area (Å²) in [6.45, 7) is 3.45. The number of halogens is 1. The number of fused-ring (bicyclic) bond motifs is 1. The van der Waals surface area contributed by atoms with Crippen LogP contribution in [0.2, 0.25) is 0 Å². The molecule has 2 aromatic rings. The van der Waals surface area contributed by atoms with E-state index in [9.17, 15) is 0 Å². The largest absolute Gasteiger partial charge is 0.297 e. The summed E-state index contributed by atoms with van der Waals surface area (Å²) < 4.78 is 1.31. The van der Waals surface area contributed by atoms with Gasteiger partial charge < -0.3 is 0 Å². The predicted molar refractivity (Wildman–Crippen MR) is 81.4 cm³/mol. The van der Waals surface area contributed by atoms with E-state index in [1.165, 1.54) is 35.6 Å². The summed E-state index contributed by atoms with van der Waals surface area (Å²) >= 11 is 5.43. The molecule has 4 heteroatoms. The highest BCUT2D eigenvalue weighted by Crippen LogP contribution is 2.25. The Morgan fingerprint density at radius 2 is 2.06 bits per heavy atom. The Kier molecular flexibility index (Phi) is 3.97. The van der Waals surface area contributed by atoms with E-state index in [1.54, 1.807) is 0 Å². The maximum absolute atomic E-state index is 4.71. The highest BCUT2D eigenvalue weighted by atomic mass is 79.9. The van der Waals surface area contributed by atoms with E-state index in [0.29, 0.717) is 0 Å². The van der Waals surface area contributed by atoms with Gasteiger partial charge in [0.2, 0.25) is 0 Å². The Morgan fingerprint density at radius 3 is 2.78 bits per heavy atom. The van der Waals surface area contributed by atoms with Crippen molar-refractivity contribution >= 4 is 37.5 Å². The molecule has 2 nitrogen and oxygen atoms in total. The van der Waals surface area contributed by atoms with Gasteiger partial charge in [0.1, 0.15) is 5.01 Å². The van der Waals surface area contributed by atoms with E-state index in [-0.39, 0.29) is 0 Å². The van der Waals surface area contributed by atoms with Crippen LogP contribution in [0, 0.1) is 5.92 Å². The number of aromatic nitrogens is 1. The second-order valence-corrected chi connectivity index (χ2v) is 6.71. The van der Waals surface area contributed by atoms with Gasteiger partial charge >= 0.3 is 0 Å². The first-order chi connectivity index (χ1) is 8.85. The summed E-state index contributed by atoms with van der Waals surface area (Å²) in [5.74, 6) is 0.872. The molecule has 0 aliphatic carbocycles. The summed E-state index contributed by atoms with van der Waals surface area (Å²) in [4.78, 5) is 7.25. The third-order valence-corrected chi connectivity index (χ3v) is 5.56. The molecule has 0 unspecified atom stereocenters. The van der Waals surface area contributed by atoms with Gasteiger partial charge in [-0.2, -0.15) is 0 Å². The lowest BCUT2D eigenvalue weighted by Crippen LogP contribution is -2.33. The first-order valence-electron chi connectivity index (χ1n) is 6.48. The van der Waals surface area contributed by atoms with Crippen LogP contribution >= 0.6 is 27.3 Å². The first-order valence-corrected chi connectivity index (χ1v) is 8.42. The Morgan fingerprint density at radius 1 is 1.28 bits per heavy atom. The molecule has 0 atom stereocenters. The SMILES string of the molecule is BrCC1CCN(Cc2nc3ccccc3s2)CC1. The van der Waals surface area contributed by atoms with Crippen molar-refractivity contribution in [3.05, 3.63) is 29.3 Å². The first kappa shape index (κ1) is 12.6. The zero-order valence-corrected chi connectivity index (χ0v) is 12.7. The third-order valence-electron chi connectivity index (χ3n) is 3.62. The van der Waals surface area contributed by atoms with Crippen molar-refractivity contribution in [1.82, 2.24) is 9.88 Å². The third kappa shape index (κ3) is 2.76. The van der Waals surface area contributed by atoms with Gasteiger partial charge in [0, 0.05) is 5.33 Å². The summed E-state index contributed by atoms with van der Waals surface area (Å²) in [7, 11) is 0. The molecule has 1 fully saturated rings. The molecule has 1 aromatic heterocycles. The van der Waals surface area contributed by atoms with Crippen LogP contribution in [0.1, 0.15) is 17.8 Å². The molecule has 96 valence electrons. The number of nitrogens with zero attached hydrogens (tertiary/aromatic N) is 2. The van der Waals surface area contributed by atoms with Gasteiger partial charge in [0.05, 0.1) is 16.8 Å². The Balaban J connectivity index is 1.66. The molecule has 0 amide bonds. The summed E-state index contributed by atoms with van der Waals surface area (Å²) in [6.07, 6.45) is 2.63.